The minimum absolute atomic E-state index is 0.212. The summed E-state index contributed by atoms with van der Waals surface area (Å²) >= 11 is 3.22. The van der Waals surface area contributed by atoms with Gasteiger partial charge in [0.15, 0.2) is 0 Å². The van der Waals surface area contributed by atoms with E-state index < -0.39 is 6.10 Å². The summed E-state index contributed by atoms with van der Waals surface area (Å²) in [7, 11) is 0. The third-order valence-corrected chi connectivity index (χ3v) is 3.50. The molecule has 1 atom stereocenters. The van der Waals surface area contributed by atoms with Crippen LogP contribution in [-0.2, 0) is 6.42 Å². The molecule has 0 radical (unpaired) electrons. The van der Waals surface area contributed by atoms with Gasteiger partial charge < -0.3 is 9.84 Å². The summed E-state index contributed by atoms with van der Waals surface area (Å²) in [4.78, 5) is 0. The third-order valence-electron chi connectivity index (χ3n) is 3.01. The highest BCUT2D eigenvalue weighted by Crippen LogP contribution is 2.28. The van der Waals surface area contributed by atoms with Crippen molar-refractivity contribution in [3.63, 3.8) is 0 Å². The topological polar surface area (TPSA) is 29.5 Å². The van der Waals surface area contributed by atoms with Crippen molar-refractivity contribution in [2.75, 3.05) is 6.61 Å². The minimum atomic E-state index is -0.798. The fraction of sp³-hybridized carbons (Fsp3) is 0.250. The number of para-hydroxylation sites is 1. The first-order chi connectivity index (χ1) is 9.61. The molecule has 0 fully saturated rings. The predicted molar refractivity (Wildman–Crippen MR) is 80.4 cm³/mol. The van der Waals surface area contributed by atoms with Crippen LogP contribution in [0, 0.1) is 5.82 Å². The van der Waals surface area contributed by atoms with E-state index in [0.717, 1.165) is 0 Å². The van der Waals surface area contributed by atoms with Crippen LogP contribution < -0.4 is 4.74 Å². The molecule has 0 heterocycles. The summed E-state index contributed by atoms with van der Waals surface area (Å²) in [6, 6.07) is 12.1. The second kappa shape index (κ2) is 6.86. The van der Waals surface area contributed by atoms with Crippen molar-refractivity contribution < 1.29 is 14.2 Å². The van der Waals surface area contributed by atoms with Crippen molar-refractivity contribution in [1.29, 1.82) is 0 Å². The van der Waals surface area contributed by atoms with Gasteiger partial charge in [-0.1, -0.05) is 40.2 Å². The van der Waals surface area contributed by atoms with E-state index in [1.54, 1.807) is 24.3 Å². The number of rotatable bonds is 5. The van der Waals surface area contributed by atoms with Crippen molar-refractivity contribution in [3.8, 4) is 5.75 Å². The molecule has 2 aromatic carbocycles. The quantitative estimate of drug-likeness (QED) is 0.882. The number of benzene rings is 2. The van der Waals surface area contributed by atoms with Crippen LogP contribution in [0.4, 0.5) is 4.39 Å². The molecule has 2 rings (SSSR count). The van der Waals surface area contributed by atoms with E-state index in [1.165, 1.54) is 6.07 Å². The maximum atomic E-state index is 13.8. The summed E-state index contributed by atoms with van der Waals surface area (Å²) in [5, 5.41) is 10.3. The number of hydrogen-bond acceptors (Lipinski definition) is 2. The van der Waals surface area contributed by atoms with Gasteiger partial charge in [-0.15, -0.1) is 0 Å². The first-order valence-corrected chi connectivity index (χ1v) is 7.24. The Morgan fingerprint density at radius 2 is 2.00 bits per heavy atom. The lowest BCUT2D eigenvalue weighted by Crippen LogP contribution is -2.06. The third kappa shape index (κ3) is 3.58. The first kappa shape index (κ1) is 15.0. The second-order valence-corrected chi connectivity index (χ2v) is 5.34. The largest absolute Gasteiger partial charge is 0.493 e. The Hall–Kier alpha value is -1.39. The van der Waals surface area contributed by atoms with Crippen LogP contribution in [0.2, 0.25) is 0 Å². The van der Waals surface area contributed by atoms with E-state index in [1.807, 2.05) is 19.1 Å². The number of aliphatic hydroxyl groups is 1. The molecular weight excluding hydrogens is 323 g/mol. The Morgan fingerprint density at radius 3 is 2.70 bits per heavy atom. The van der Waals surface area contributed by atoms with Crippen LogP contribution in [0.15, 0.2) is 46.9 Å². The molecule has 0 aliphatic heterocycles. The van der Waals surface area contributed by atoms with Crippen molar-refractivity contribution in [2.24, 2.45) is 0 Å². The zero-order valence-corrected chi connectivity index (χ0v) is 12.7. The number of halogens is 2. The summed E-state index contributed by atoms with van der Waals surface area (Å²) < 4.78 is 20.0. The lowest BCUT2D eigenvalue weighted by Gasteiger charge is -2.16. The Kier molecular flexibility index (Phi) is 5.15. The number of ether oxygens (including phenoxy) is 1. The van der Waals surface area contributed by atoms with Crippen molar-refractivity contribution >= 4 is 15.9 Å². The SMILES string of the molecule is CCOc1ccccc1C(O)Cc1ccc(Br)cc1F. The smallest absolute Gasteiger partial charge is 0.127 e. The predicted octanol–water partition coefficient (Wildman–Crippen LogP) is 4.26. The van der Waals surface area contributed by atoms with Crippen LogP contribution in [-0.4, -0.2) is 11.7 Å². The molecule has 2 aromatic rings. The summed E-state index contributed by atoms with van der Waals surface area (Å²) in [6.07, 6.45) is -0.586. The molecule has 0 bridgehead atoms. The Balaban J connectivity index is 2.21. The zero-order valence-electron chi connectivity index (χ0n) is 11.1. The van der Waals surface area contributed by atoms with Gasteiger partial charge in [-0.3, -0.25) is 0 Å². The summed E-state index contributed by atoms with van der Waals surface area (Å²) in [5.74, 6) is 0.312. The normalized spacial score (nSPS) is 12.2. The van der Waals surface area contributed by atoms with Gasteiger partial charge in [0.1, 0.15) is 11.6 Å². The molecule has 0 amide bonds. The molecule has 0 saturated carbocycles. The summed E-state index contributed by atoms with van der Waals surface area (Å²) in [5.41, 5.74) is 1.16. The molecule has 1 N–H and O–H groups in total. The molecule has 20 heavy (non-hydrogen) atoms. The molecule has 0 aromatic heterocycles. The molecule has 0 aliphatic rings. The molecule has 0 saturated heterocycles. The molecule has 0 spiro atoms. The van der Waals surface area contributed by atoms with Gasteiger partial charge in [-0.25, -0.2) is 4.39 Å². The Morgan fingerprint density at radius 1 is 1.25 bits per heavy atom. The highest BCUT2D eigenvalue weighted by atomic mass is 79.9. The van der Waals surface area contributed by atoms with Crippen LogP contribution in [0.3, 0.4) is 0 Å². The van der Waals surface area contributed by atoms with Crippen LogP contribution >= 0.6 is 15.9 Å². The molecule has 0 aliphatic carbocycles. The van der Waals surface area contributed by atoms with E-state index in [9.17, 15) is 9.50 Å². The highest BCUT2D eigenvalue weighted by molar-refractivity contribution is 9.10. The van der Waals surface area contributed by atoms with E-state index in [4.69, 9.17) is 4.74 Å². The lowest BCUT2D eigenvalue weighted by molar-refractivity contribution is 0.171. The average molecular weight is 339 g/mol. The van der Waals surface area contributed by atoms with Crippen LogP contribution in [0.25, 0.3) is 0 Å². The van der Waals surface area contributed by atoms with Crippen LogP contribution in [0.5, 0.6) is 5.75 Å². The molecule has 4 heteroatoms. The van der Waals surface area contributed by atoms with Gasteiger partial charge in [0.05, 0.1) is 12.7 Å². The number of hydrogen-bond donors (Lipinski definition) is 1. The standard InChI is InChI=1S/C16H16BrFO2/c1-2-20-16-6-4-3-5-13(16)15(19)9-11-7-8-12(17)10-14(11)18/h3-8,10,15,19H,2,9H2,1H3. The van der Waals surface area contributed by atoms with E-state index in [2.05, 4.69) is 15.9 Å². The van der Waals surface area contributed by atoms with Gasteiger partial charge in [-0.05, 0) is 30.7 Å². The van der Waals surface area contributed by atoms with Gasteiger partial charge in [0.25, 0.3) is 0 Å². The summed E-state index contributed by atoms with van der Waals surface area (Å²) in [6.45, 7) is 2.41. The van der Waals surface area contributed by atoms with Gasteiger partial charge in [0.2, 0.25) is 0 Å². The van der Waals surface area contributed by atoms with Crippen LogP contribution in [0.1, 0.15) is 24.2 Å². The number of aliphatic hydroxyl groups excluding tert-OH is 1. The monoisotopic (exact) mass is 338 g/mol. The van der Waals surface area contributed by atoms with Crippen molar-refractivity contribution in [2.45, 2.75) is 19.4 Å². The van der Waals surface area contributed by atoms with E-state index in [-0.39, 0.29) is 12.2 Å². The molecule has 2 nitrogen and oxygen atoms in total. The van der Waals surface area contributed by atoms with E-state index >= 15 is 0 Å². The molecular formula is C16H16BrFO2. The molecule has 106 valence electrons. The van der Waals surface area contributed by atoms with E-state index in [0.29, 0.717) is 28.0 Å². The van der Waals surface area contributed by atoms with Crippen molar-refractivity contribution in [3.05, 3.63) is 63.9 Å². The zero-order chi connectivity index (χ0) is 14.5. The van der Waals surface area contributed by atoms with Gasteiger partial charge >= 0.3 is 0 Å². The van der Waals surface area contributed by atoms with Gasteiger partial charge in [0, 0.05) is 16.5 Å². The maximum absolute atomic E-state index is 13.8. The fourth-order valence-electron chi connectivity index (χ4n) is 2.05. The Labute approximate surface area is 126 Å². The second-order valence-electron chi connectivity index (χ2n) is 4.43. The lowest BCUT2D eigenvalue weighted by atomic mass is 10.0. The Bertz CT molecular complexity index is 586. The highest BCUT2D eigenvalue weighted by Gasteiger charge is 2.15. The minimum Gasteiger partial charge on any atom is -0.493 e. The van der Waals surface area contributed by atoms with Crippen molar-refractivity contribution in [1.82, 2.24) is 0 Å². The first-order valence-electron chi connectivity index (χ1n) is 6.45. The average Bonchev–Trinajstić information content (AvgIpc) is 2.43. The maximum Gasteiger partial charge on any atom is 0.127 e. The fourth-order valence-corrected chi connectivity index (χ4v) is 2.38. The molecule has 1 unspecified atom stereocenters. The van der Waals surface area contributed by atoms with Gasteiger partial charge in [-0.2, -0.15) is 0 Å².